The molecule has 6 nitrogen and oxygen atoms in total. The second-order valence-corrected chi connectivity index (χ2v) is 7.00. The maximum Gasteiger partial charge on any atom is 0.343 e. The SMILES string of the molecule is COC(=O)COc1ccc(C(=O)N(Cc2c(F)cccc2Cl)C2CC2)cc1OC. The molecular weight excluding hydrogens is 401 g/mol. The highest BCUT2D eigenvalue weighted by atomic mass is 35.5. The van der Waals surface area contributed by atoms with Crippen molar-refractivity contribution in [2.24, 2.45) is 0 Å². The van der Waals surface area contributed by atoms with E-state index in [0.717, 1.165) is 12.8 Å². The number of ether oxygens (including phenoxy) is 3. The Bertz CT molecular complexity index is 896. The van der Waals surface area contributed by atoms with E-state index in [1.165, 1.54) is 32.4 Å². The quantitative estimate of drug-likeness (QED) is 0.606. The predicted octanol–water partition coefficient (Wildman–Crippen LogP) is 3.84. The van der Waals surface area contributed by atoms with Crippen LogP contribution in [-0.2, 0) is 16.1 Å². The number of rotatable bonds is 8. The lowest BCUT2D eigenvalue weighted by atomic mass is 10.1. The predicted molar refractivity (Wildman–Crippen MR) is 105 cm³/mol. The number of hydrogen-bond acceptors (Lipinski definition) is 5. The smallest absolute Gasteiger partial charge is 0.343 e. The molecule has 2 aromatic rings. The molecule has 0 spiro atoms. The summed E-state index contributed by atoms with van der Waals surface area (Å²) >= 11 is 6.14. The Morgan fingerprint density at radius 3 is 2.55 bits per heavy atom. The number of benzene rings is 2. The van der Waals surface area contributed by atoms with Gasteiger partial charge < -0.3 is 19.1 Å². The molecule has 0 aromatic heterocycles. The van der Waals surface area contributed by atoms with Gasteiger partial charge >= 0.3 is 5.97 Å². The van der Waals surface area contributed by atoms with Crippen LogP contribution in [0, 0.1) is 5.82 Å². The van der Waals surface area contributed by atoms with E-state index < -0.39 is 11.8 Å². The first-order chi connectivity index (χ1) is 13.9. The first kappa shape index (κ1) is 20.9. The summed E-state index contributed by atoms with van der Waals surface area (Å²) in [6, 6.07) is 9.17. The number of carbonyl (C=O) groups is 2. The van der Waals surface area contributed by atoms with Gasteiger partial charge in [-0.15, -0.1) is 0 Å². The van der Waals surface area contributed by atoms with E-state index in [-0.39, 0.29) is 30.1 Å². The van der Waals surface area contributed by atoms with Crippen LogP contribution in [0.4, 0.5) is 4.39 Å². The fourth-order valence-corrected chi connectivity index (χ4v) is 3.11. The zero-order chi connectivity index (χ0) is 21.0. The maximum atomic E-state index is 14.2. The first-order valence-electron chi connectivity index (χ1n) is 9.06. The largest absolute Gasteiger partial charge is 0.493 e. The Morgan fingerprint density at radius 2 is 1.93 bits per heavy atom. The number of amides is 1. The molecule has 29 heavy (non-hydrogen) atoms. The number of methoxy groups -OCH3 is 2. The molecule has 2 aromatic carbocycles. The molecule has 0 unspecified atom stereocenters. The lowest BCUT2D eigenvalue weighted by Gasteiger charge is -2.24. The molecule has 0 atom stereocenters. The molecule has 8 heteroatoms. The van der Waals surface area contributed by atoms with Crippen LogP contribution in [0.2, 0.25) is 5.02 Å². The highest BCUT2D eigenvalue weighted by molar-refractivity contribution is 6.31. The summed E-state index contributed by atoms with van der Waals surface area (Å²) in [6.45, 7) is -0.196. The lowest BCUT2D eigenvalue weighted by molar-refractivity contribution is -0.142. The normalized spacial score (nSPS) is 13.0. The van der Waals surface area contributed by atoms with Crippen LogP contribution in [0.3, 0.4) is 0 Å². The summed E-state index contributed by atoms with van der Waals surface area (Å²) in [5.41, 5.74) is 0.658. The van der Waals surface area contributed by atoms with Crippen molar-refractivity contribution in [2.45, 2.75) is 25.4 Å². The van der Waals surface area contributed by atoms with E-state index >= 15 is 0 Å². The van der Waals surface area contributed by atoms with Gasteiger partial charge in [-0.2, -0.15) is 0 Å². The Morgan fingerprint density at radius 1 is 1.17 bits per heavy atom. The van der Waals surface area contributed by atoms with E-state index in [4.69, 9.17) is 21.1 Å². The van der Waals surface area contributed by atoms with E-state index in [1.54, 1.807) is 23.1 Å². The van der Waals surface area contributed by atoms with Crippen LogP contribution >= 0.6 is 11.6 Å². The fourth-order valence-electron chi connectivity index (χ4n) is 2.89. The Labute approximate surface area is 173 Å². The van der Waals surface area contributed by atoms with Gasteiger partial charge in [0.25, 0.3) is 5.91 Å². The zero-order valence-electron chi connectivity index (χ0n) is 16.1. The monoisotopic (exact) mass is 421 g/mol. The average Bonchev–Trinajstić information content (AvgIpc) is 3.56. The van der Waals surface area contributed by atoms with E-state index in [0.29, 0.717) is 22.6 Å². The van der Waals surface area contributed by atoms with Crippen LogP contribution in [0.25, 0.3) is 0 Å². The topological polar surface area (TPSA) is 65.1 Å². The van der Waals surface area contributed by atoms with Crippen molar-refractivity contribution in [1.82, 2.24) is 4.90 Å². The van der Waals surface area contributed by atoms with Gasteiger partial charge in [0.15, 0.2) is 18.1 Å². The van der Waals surface area contributed by atoms with Crippen molar-refractivity contribution in [3.05, 3.63) is 58.4 Å². The summed E-state index contributed by atoms with van der Waals surface area (Å²) in [4.78, 5) is 26.0. The average molecular weight is 422 g/mol. The van der Waals surface area contributed by atoms with Crippen molar-refractivity contribution in [3.8, 4) is 11.5 Å². The van der Waals surface area contributed by atoms with Gasteiger partial charge in [-0.1, -0.05) is 17.7 Å². The molecule has 0 aliphatic heterocycles. The highest BCUT2D eigenvalue weighted by Gasteiger charge is 2.34. The van der Waals surface area contributed by atoms with Gasteiger partial charge in [0.05, 0.1) is 20.8 Å². The molecule has 3 rings (SSSR count). The van der Waals surface area contributed by atoms with Gasteiger partial charge in [-0.05, 0) is 43.2 Å². The third-order valence-corrected chi connectivity index (χ3v) is 4.98. The van der Waals surface area contributed by atoms with Crippen LogP contribution in [0.15, 0.2) is 36.4 Å². The molecule has 0 bridgehead atoms. The number of carbonyl (C=O) groups excluding carboxylic acids is 2. The summed E-state index contributed by atoms with van der Waals surface area (Å²) in [7, 11) is 2.70. The molecule has 0 N–H and O–H groups in total. The molecule has 1 fully saturated rings. The third-order valence-electron chi connectivity index (χ3n) is 4.62. The summed E-state index contributed by atoms with van der Waals surface area (Å²) < 4.78 is 29.4. The highest BCUT2D eigenvalue weighted by Crippen LogP contribution is 2.34. The minimum Gasteiger partial charge on any atom is -0.493 e. The van der Waals surface area contributed by atoms with E-state index in [9.17, 15) is 14.0 Å². The van der Waals surface area contributed by atoms with E-state index in [1.807, 2.05) is 0 Å². The maximum absolute atomic E-state index is 14.2. The van der Waals surface area contributed by atoms with Crippen LogP contribution in [0.5, 0.6) is 11.5 Å². The molecule has 0 saturated heterocycles. The third kappa shape index (κ3) is 4.98. The second kappa shape index (κ2) is 9.13. The number of hydrogen-bond donors (Lipinski definition) is 0. The van der Waals surface area contributed by atoms with Crippen molar-refractivity contribution in [2.75, 3.05) is 20.8 Å². The number of nitrogens with zero attached hydrogens (tertiary/aromatic N) is 1. The second-order valence-electron chi connectivity index (χ2n) is 6.59. The van der Waals surface area contributed by atoms with Gasteiger partial charge in [-0.3, -0.25) is 4.79 Å². The molecule has 0 heterocycles. The van der Waals surface area contributed by atoms with Crippen molar-refractivity contribution in [3.63, 3.8) is 0 Å². The summed E-state index contributed by atoms with van der Waals surface area (Å²) in [5, 5.41) is 0.285. The van der Waals surface area contributed by atoms with Crippen LogP contribution in [-0.4, -0.2) is 43.6 Å². The molecule has 1 aliphatic rings. The van der Waals surface area contributed by atoms with Gasteiger partial charge in [0, 0.05) is 22.2 Å². The molecule has 0 radical (unpaired) electrons. The minimum atomic E-state index is -0.533. The first-order valence-corrected chi connectivity index (χ1v) is 9.44. The molecular formula is C21H21ClFNO5. The van der Waals surface area contributed by atoms with Crippen molar-refractivity contribution in [1.29, 1.82) is 0 Å². The summed E-state index contributed by atoms with van der Waals surface area (Å²) in [5.74, 6) is -0.623. The van der Waals surface area contributed by atoms with Crippen molar-refractivity contribution >= 4 is 23.5 Å². The van der Waals surface area contributed by atoms with Gasteiger partial charge in [0.1, 0.15) is 5.82 Å². The fraction of sp³-hybridized carbons (Fsp3) is 0.333. The minimum absolute atomic E-state index is 0.0411. The van der Waals surface area contributed by atoms with E-state index in [2.05, 4.69) is 4.74 Å². The van der Waals surface area contributed by atoms with Gasteiger partial charge in [0.2, 0.25) is 0 Å². The van der Waals surface area contributed by atoms with Crippen LogP contribution < -0.4 is 9.47 Å². The standard InChI is InChI=1S/C21H21ClFNO5/c1-27-19-10-13(6-9-18(19)29-12-20(25)28-2)21(26)24(14-7-8-14)11-15-16(22)4-3-5-17(15)23/h3-6,9-10,14H,7-8,11-12H2,1-2H3. The lowest BCUT2D eigenvalue weighted by Crippen LogP contribution is -2.33. The Kier molecular flexibility index (Phi) is 6.59. The van der Waals surface area contributed by atoms with Crippen molar-refractivity contribution < 1.29 is 28.2 Å². The number of halogens is 2. The molecule has 1 amide bonds. The zero-order valence-corrected chi connectivity index (χ0v) is 16.9. The van der Waals surface area contributed by atoms with Gasteiger partial charge in [-0.25, -0.2) is 9.18 Å². The van der Waals surface area contributed by atoms with Crippen LogP contribution in [0.1, 0.15) is 28.8 Å². The molecule has 154 valence electrons. The summed E-state index contributed by atoms with van der Waals surface area (Å²) in [6.07, 6.45) is 1.71. The Balaban J connectivity index is 1.82. The molecule has 1 aliphatic carbocycles. The Hall–Kier alpha value is -2.80. The number of esters is 1. The molecule has 1 saturated carbocycles.